The van der Waals surface area contributed by atoms with Crippen LogP contribution in [-0.4, -0.2) is 74.2 Å². The molecule has 0 unspecified atom stereocenters. The van der Waals surface area contributed by atoms with Crippen molar-refractivity contribution >= 4 is 44.7 Å². The van der Waals surface area contributed by atoms with Gasteiger partial charge in [-0.15, -0.1) is 0 Å². The number of ether oxygens (including phenoxy) is 2. The number of carboxylic acid groups (broad SMARTS) is 1. The van der Waals surface area contributed by atoms with Crippen LogP contribution in [0.4, 0.5) is 42.5 Å². The number of sulfonamides is 1. The van der Waals surface area contributed by atoms with Crippen LogP contribution in [0.2, 0.25) is 0 Å². The van der Waals surface area contributed by atoms with Crippen molar-refractivity contribution in [1.29, 1.82) is 0 Å². The number of aryl methyl sites for hydroxylation is 1. The Kier molecular flexibility index (Phi) is 9.17. The van der Waals surface area contributed by atoms with Crippen molar-refractivity contribution in [1.82, 2.24) is 10.3 Å². The maximum atomic E-state index is 13.9. The van der Waals surface area contributed by atoms with Crippen LogP contribution in [0.25, 0.3) is 0 Å². The monoisotopic (exact) mass is 648 g/mol. The number of halogens is 6. The Morgan fingerprint density at radius 2 is 1.88 bits per heavy atom. The van der Waals surface area contributed by atoms with E-state index in [-0.39, 0.29) is 28.6 Å². The Labute approximate surface area is 240 Å². The lowest BCUT2D eigenvalue weighted by Crippen LogP contribution is -2.57. The second kappa shape index (κ2) is 11.7. The molecule has 0 bridgehead atoms. The molecule has 0 saturated carbocycles. The summed E-state index contributed by atoms with van der Waals surface area (Å²) in [5.41, 5.74) is -3.96. The lowest BCUT2D eigenvalue weighted by atomic mass is 10.0. The maximum absolute atomic E-state index is 13.9. The van der Waals surface area contributed by atoms with Crippen LogP contribution in [0.5, 0.6) is 10.8 Å². The SMILES string of the molecule is CCc1nc(S(=O)(=O)N2C[C@H](CNC(C)=O)Oc3ccc(N(C(=O)O)C(C)(C)C(F)(F)F)cc32)c(OCC(F)(F)F)s1. The number of fused-ring (bicyclic) bond motifs is 1. The van der Waals surface area contributed by atoms with Gasteiger partial charge in [-0.3, -0.25) is 14.0 Å². The third-order valence-electron chi connectivity index (χ3n) is 5.97. The van der Waals surface area contributed by atoms with Gasteiger partial charge in [0.2, 0.25) is 16.0 Å². The quantitative estimate of drug-likeness (QED) is 0.378. The van der Waals surface area contributed by atoms with Crippen molar-refractivity contribution in [2.24, 2.45) is 0 Å². The first-order valence-electron chi connectivity index (χ1n) is 12.1. The van der Waals surface area contributed by atoms with Gasteiger partial charge in [-0.1, -0.05) is 18.3 Å². The fraction of sp³-hybridized carbons (Fsp3) is 0.522. The number of rotatable bonds is 9. The summed E-state index contributed by atoms with van der Waals surface area (Å²) < 4.78 is 119. The molecule has 0 aliphatic carbocycles. The molecular formula is C23H26F6N4O7S2. The standard InChI is InChI=1S/C23H26F6N4O7S2/c1-5-17-31-18(19(41-17)39-11-22(24,25)26)42(37,38)32-10-14(9-30-12(2)34)40-16-7-6-13(8-15(16)32)33(20(35)36)21(3,4)23(27,28)29/h6-8,14H,5,9-11H2,1-4H3,(H,30,34)(H,35,36)/t14-/m0/s1. The molecule has 234 valence electrons. The molecule has 1 aliphatic heterocycles. The minimum absolute atomic E-state index is 0.00261. The van der Waals surface area contributed by atoms with Gasteiger partial charge in [0.25, 0.3) is 10.0 Å². The number of alkyl halides is 6. The van der Waals surface area contributed by atoms with Crippen LogP contribution in [0.3, 0.4) is 0 Å². The van der Waals surface area contributed by atoms with Crippen LogP contribution in [0.1, 0.15) is 32.7 Å². The minimum Gasteiger partial charge on any atom is -0.484 e. The Morgan fingerprint density at radius 3 is 2.40 bits per heavy atom. The minimum atomic E-state index is -5.05. The summed E-state index contributed by atoms with van der Waals surface area (Å²) in [7, 11) is -4.90. The Hall–Kier alpha value is -3.48. The number of amides is 2. The van der Waals surface area contributed by atoms with Gasteiger partial charge in [0.05, 0.1) is 29.5 Å². The number of carbonyl (C=O) groups is 2. The van der Waals surface area contributed by atoms with E-state index in [0.29, 0.717) is 29.5 Å². The van der Waals surface area contributed by atoms with Crippen LogP contribution >= 0.6 is 11.3 Å². The van der Waals surface area contributed by atoms with Gasteiger partial charge in [-0.2, -0.15) is 34.8 Å². The third kappa shape index (κ3) is 6.93. The van der Waals surface area contributed by atoms with Gasteiger partial charge in [-0.25, -0.2) is 9.78 Å². The van der Waals surface area contributed by atoms with Gasteiger partial charge in [0.1, 0.15) is 17.4 Å². The van der Waals surface area contributed by atoms with Gasteiger partial charge in [0.15, 0.2) is 6.61 Å². The molecule has 0 radical (unpaired) electrons. The van der Waals surface area contributed by atoms with E-state index in [1.165, 1.54) is 6.92 Å². The normalized spacial score (nSPS) is 16.0. The molecule has 42 heavy (non-hydrogen) atoms. The second-order valence-electron chi connectivity index (χ2n) is 9.50. The van der Waals surface area contributed by atoms with Crippen molar-refractivity contribution in [3.05, 3.63) is 23.2 Å². The van der Waals surface area contributed by atoms with Gasteiger partial charge >= 0.3 is 18.4 Å². The molecule has 1 atom stereocenters. The number of hydrogen-bond donors (Lipinski definition) is 2. The predicted molar refractivity (Wildman–Crippen MR) is 138 cm³/mol. The molecule has 0 fully saturated rings. The highest BCUT2D eigenvalue weighted by atomic mass is 32.2. The topological polar surface area (TPSA) is 138 Å². The van der Waals surface area contributed by atoms with E-state index in [9.17, 15) is 49.5 Å². The molecule has 1 aromatic carbocycles. The third-order valence-corrected chi connectivity index (χ3v) is 8.90. The molecule has 3 rings (SSSR count). The summed E-state index contributed by atoms with van der Waals surface area (Å²) in [5.74, 6) is -0.710. The number of carbonyl (C=O) groups excluding carboxylic acids is 1. The highest BCUT2D eigenvalue weighted by molar-refractivity contribution is 7.93. The summed E-state index contributed by atoms with van der Waals surface area (Å²) in [6.45, 7) is 1.36. The Bertz CT molecular complexity index is 1440. The zero-order chi connectivity index (χ0) is 31.8. The van der Waals surface area contributed by atoms with Crippen LogP contribution in [-0.2, 0) is 21.2 Å². The molecule has 2 amide bonds. The van der Waals surface area contributed by atoms with E-state index in [4.69, 9.17) is 9.47 Å². The highest BCUT2D eigenvalue weighted by Gasteiger charge is 2.54. The summed E-state index contributed by atoms with van der Waals surface area (Å²) >= 11 is 0.567. The lowest BCUT2D eigenvalue weighted by Gasteiger charge is -2.39. The van der Waals surface area contributed by atoms with E-state index in [2.05, 4.69) is 10.3 Å². The van der Waals surface area contributed by atoms with Crippen LogP contribution in [0.15, 0.2) is 23.2 Å². The molecule has 2 N–H and O–H groups in total. The molecular weight excluding hydrogens is 622 g/mol. The first kappa shape index (κ1) is 33.0. The molecule has 2 heterocycles. The second-order valence-corrected chi connectivity index (χ2v) is 12.3. The molecule has 11 nitrogen and oxygen atoms in total. The fourth-order valence-electron chi connectivity index (χ4n) is 3.82. The van der Waals surface area contributed by atoms with Crippen LogP contribution < -0.4 is 24.0 Å². The number of thiazole rings is 1. The molecule has 2 aromatic rings. The van der Waals surface area contributed by atoms with Crippen LogP contribution in [0, 0.1) is 0 Å². The Morgan fingerprint density at radius 1 is 1.24 bits per heavy atom. The van der Waals surface area contributed by atoms with Crippen molar-refractivity contribution in [3.63, 3.8) is 0 Å². The summed E-state index contributed by atoms with van der Waals surface area (Å²) in [4.78, 5) is 27.4. The number of anilines is 2. The average molecular weight is 649 g/mol. The number of nitrogens with zero attached hydrogens (tertiary/aromatic N) is 3. The largest absolute Gasteiger partial charge is 0.484 e. The molecule has 19 heteroatoms. The highest BCUT2D eigenvalue weighted by Crippen LogP contribution is 2.45. The molecule has 0 saturated heterocycles. The first-order chi connectivity index (χ1) is 19.2. The number of hydrogen-bond acceptors (Lipinski definition) is 8. The van der Waals surface area contributed by atoms with E-state index < -0.39 is 80.6 Å². The zero-order valence-corrected chi connectivity index (χ0v) is 24.1. The average Bonchev–Trinajstić information content (AvgIpc) is 3.29. The zero-order valence-electron chi connectivity index (χ0n) is 22.5. The van der Waals surface area contributed by atoms with E-state index >= 15 is 0 Å². The summed E-state index contributed by atoms with van der Waals surface area (Å²) in [6.07, 6.45) is -12.8. The predicted octanol–water partition coefficient (Wildman–Crippen LogP) is 4.56. The number of benzene rings is 1. The van der Waals surface area contributed by atoms with Gasteiger partial charge in [-0.05, 0) is 38.5 Å². The van der Waals surface area contributed by atoms with Crippen molar-refractivity contribution in [2.45, 2.75) is 63.1 Å². The maximum Gasteiger partial charge on any atom is 0.422 e. The first-order valence-corrected chi connectivity index (χ1v) is 14.3. The van der Waals surface area contributed by atoms with E-state index in [0.717, 1.165) is 18.2 Å². The number of aromatic nitrogens is 1. The fourth-order valence-corrected chi connectivity index (χ4v) is 6.53. The number of nitrogens with one attached hydrogen (secondary N) is 1. The van der Waals surface area contributed by atoms with Crippen molar-refractivity contribution < 1.29 is 58.9 Å². The van der Waals surface area contributed by atoms with Crippen molar-refractivity contribution in [3.8, 4) is 10.8 Å². The van der Waals surface area contributed by atoms with Gasteiger partial charge < -0.3 is 19.9 Å². The Balaban J connectivity index is 2.20. The lowest BCUT2D eigenvalue weighted by molar-refractivity contribution is -0.175. The summed E-state index contributed by atoms with van der Waals surface area (Å²) in [5, 5.41) is 10.7. The molecule has 0 spiro atoms. The van der Waals surface area contributed by atoms with Gasteiger partial charge in [0, 0.05) is 6.92 Å². The van der Waals surface area contributed by atoms with Crippen molar-refractivity contribution in [2.75, 3.05) is 28.9 Å². The smallest absolute Gasteiger partial charge is 0.422 e. The molecule has 1 aliphatic rings. The van der Waals surface area contributed by atoms with E-state index in [1.807, 2.05) is 0 Å². The molecule has 1 aromatic heterocycles. The summed E-state index contributed by atoms with van der Waals surface area (Å²) in [6, 6.07) is 2.86. The van der Waals surface area contributed by atoms with E-state index in [1.54, 1.807) is 6.92 Å².